The molecule has 0 saturated carbocycles. The Bertz CT molecular complexity index is 320. The number of fused-ring (bicyclic) bond motifs is 1. The van der Waals surface area contributed by atoms with Gasteiger partial charge in [0.1, 0.15) is 0 Å². The Morgan fingerprint density at radius 2 is 2.29 bits per heavy atom. The maximum absolute atomic E-state index is 3.43. The monoisotopic (exact) mass is 190 g/mol. The first-order valence-electron chi connectivity index (χ1n) is 5.35. The number of hydrogen-bond donors (Lipinski definition) is 1. The zero-order valence-electron chi connectivity index (χ0n) is 9.01. The topological polar surface area (TPSA) is 15.3 Å². The molecule has 76 valence electrons. The van der Waals surface area contributed by atoms with Gasteiger partial charge in [-0.1, -0.05) is 12.1 Å². The van der Waals surface area contributed by atoms with Crippen LogP contribution in [0.3, 0.4) is 0 Å². The van der Waals surface area contributed by atoms with Crippen molar-refractivity contribution in [2.24, 2.45) is 0 Å². The molecule has 1 aromatic rings. The van der Waals surface area contributed by atoms with E-state index in [2.05, 4.69) is 42.4 Å². The second-order valence-electron chi connectivity index (χ2n) is 3.86. The average molecular weight is 190 g/mol. The Morgan fingerprint density at radius 1 is 1.43 bits per heavy atom. The van der Waals surface area contributed by atoms with Crippen molar-refractivity contribution in [2.75, 3.05) is 25.0 Å². The van der Waals surface area contributed by atoms with E-state index < -0.39 is 0 Å². The molecular formula is C12H18N2. The molecule has 2 nitrogen and oxygen atoms in total. The molecule has 1 aromatic carbocycles. The van der Waals surface area contributed by atoms with Gasteiger partial charge in [-0.15, -0.1) is 0 Å². The Kier molecular flexibility index (Phi) is 2.73. The van der Waals surface area contributed by atoms with E-state index in [0.717, 1.165) is 19.6 Å². The van der Waals surface area contributed by atoms with Crippen LogP contribution in [-0.2, 0) is 13.0 Å². The van der Waals surface area contributed by atoms with Gasteiger partial charge in [0, 0.05) is 25.8 Å². The van der Waals surface area contributed by atoms with Crippen LogP contribution in [0.4, 0.5) is 5.69 Å². The summed E-state index contributed by atoms with van der Waals surface area (Å²) in [7, 11) is 2.16. The largest absolute Gasteiger partial charge is 0.375 e. The molecule has 0 saturated heterocycles. The summed E-state index contributed by atoms with van der Waals surface area (Å²) < 4.78 is 0. The third kappa shape index (κ3) is 1.62. The SMILES string of the molecule is CCN(C)c1cccc2c1CNCC2. The van der Waals surface area contributed by atoms with Crippen LogP contribution < -0.4 is 10.2 Å². The maximum Gasteiger partial charge on any atom is 0.0411 e. The Balaban J connectivity index is 2.39. The van der Waals surface area contributed by atoms with E-state index >= 15 is 0 Å². The number of nitrogens with one attached hydrogen (secondary N) is 1. The van der Waals surface area contributed by atoms with Gasteiger partial charge in [0.15, 0.2) is 0 Å². The van der Waals surface area contributed by atoms with Crippen LogP contribution in [0.1, 0.15) is 18.1 Å². The molecule has 1 heterocycles. The molecule has 1 aliphatic rings. The molecule has 14 heavy (non-hydrogen) atoms. The fourth-order valence-corrected chi connectivity index (χ4v) is 2.02. The minimum Gasteiger partial charge on any atom is -0.375 e. The average Bonchev–Trinajstić information content (AvgIpc) is 2.27. The minimum absolute atomic E-state index is 1.02. The minimum atomic E-state index is 1.02. The van der Waals surface area contributed by atoms with Gasteiger partial charge in [-0.2, -0.15) is 0 Å². The summed E-state index contributed by atoms with van der Waals surface area (Å²) in [6, 6.07) is 6.64. The summed E-state index contributed by atoms with van der Waals surface area (Å²) >= 11 is 0. The Morgan fingerprint density at radius 3 is 3.07 bits per heavy atom. The van der Waals surface area contributed by atoms with Crippen molar-refractivity contribution < 1.29 is 0 Å². The number of benzene rings is 1. The van der Waals surface area contributed by atoms with E-state index in [4.69, 9.17) is 0 Å². The summed E-state index contributed by atoms with van der Waals surface area (Å²) in [5, 5.41) is 3.43. The van der Waals surface area contributed by atoms with Crippen LogP contribution in [0.2, 0.25) is 0 Å². The smallest absolute Gasteiger partial charge is 0.0411 e. The Labute approximate surface area is 85.9 Å². The van der Waals surface area contributed by atoms with Crippen LogP contribution in [0.5, 0.6) is 0 Å². The van der Waals surface area contributed by atoms with Gasteiger partial charge in [0.25, 0.3) is 0 Å². The van der Waals surface area contributed by atoms with Gasteiger partial charge in [-0.3, -0.25) is 0 Å². The molecule has 0 spiro atoms. The summed E-state index contributed by atoms with van der Waals surface area (Å²) in [6.07, 6.45) is 1.17. The van der Waals surface area contributed by atoms with E-state index in [1.165, 1.54) is 23.2 Å². The summed E-state index contributed by atoms with van der Waals surface area (Å²) in [4.78, 5) is 2.31. The van der Waals surface area contributed by atoms with Crippen LogP contribution in [0.25, 0.3) is 0 Å². The van der Waals surface area contributed by atoms with E-state index in [1.54, 1.807) is 0 Å². The molecule has 0 aliphatic carbocycles. The van der Waals surface area contributed by atoms with Gasteiger partial charge < -0.3 is 10.2 Å². The van der Waals surface area contributed by atoms with Crippen molar-refractivity contribution in [3.05, 3.63) is 29.3 Å². The molecule has 0 bridgehead atoms. The van der Waals surface area contributed by atoms with Crippen LogP contribution >= 0.6 is 0 Å². The lowest BCUT2D eigenvalue weighted by Gasteiger charge is -2.26. The highest BCUT2D eigenvalue weighted by Gasteiger charge is 2.13. The lowest BCUT2D eigenvalue weighted by molar-refractivity contribution is 0.642. The summed E-state index contributed by atoms with van der Waals surface area (Å²) in [5.74, 6) is 0. The highest BCUT2D eigenvalue weighted by atomic mass is 15.1. The van der Waals surface area contributed by atoms with Crippen LogP contribution in [0, 0.1) is 0 Å². The summed E-state index contributed by atoms with van der Waals surface area (Å²) in [6.45, 7) is 5.40. The predicted molar refractivity (Wildman–Crippen MR) is 60.8 cm³/mol. The third-order valence-corrected chi connectivity index (χ3v) is 3.01. The first kappa shape index (κ1) is 9.53. The van der Waals surface area contributed by atoms with Gasteiger partial charge in [0.2, 0.25) is 0 Å². The van der Waals surface area contributed by atoms with Crippen molar-refractivity contribution in [3.8, 4) is 0 Å². The predicted octanol–water partition coefficient (Wildman–Crippen LogP) is 1.79. The van der Waals surface area contributed by atoms with E-state index in [9.17, 15) is 0 Å². The molecule has 2 heteroatoms. The van der Waals surface area contributed by atoms with Crippen LogP contribution in [-0.4, -0.2) is 20.1 Å². The first-order chi connectivity index (χ1) is 6.83. The lowest BCUT2D eigenvalue weighted by Crippen LogP contribution is -2.27. The molecule has 0 amide bonds. The van der Waals surface area contributed by atoms with Gasteiger partial charge >= 0.3 is 0 Å². The fraction of sp³-hybridized carbons (Fsp3) is 0.500. The van der Waals surface area contributed by atoms with Gasteiger partial charge in [0.05, 0.1) is 0 Å². The highest BCUT2D eigenvalue weighted by molar-refractivity contribution is 5.57. The molecule has 0 fully saturated rings. The van der Waals surface area contributed by atoms with Gasteiger partial charge in [-0.05, 0) is 37.1 Å². The van der Waals surface area contributed by atoms with E-state index in [0.29, 0.717) is 0 Å². The molecule has 0 aromatic heterocycles. The third-order valence-electron chi connectivity index (χ3n) is 3.01. The molecule has 2 rings (SSSR count). The zero-order valence-corrected chi connectivity index (χ0v) is 9.01. The van der Waals surface area contributed by atoms with Crippen molar-refractivity contribution in [1.82, 2.24) is 5.32 Å². The van der Waals surface area contributed by atoms with Crippen molar-refractivity contribution in [2.45, 2.75) is 19.9 Å². The Hall–Kier alpha value is -1.02. The quantitative estimate of drug-likeness (QED) is 0.765. The molecule has 1 N–H and O–H groups in total. The standard InChI is InChI=1S/C12H18N2/c1-3-14(2)12-6-4-5-10-7-8-13-9-11(10)12/h4-6,13H,3,7-9H2,1-2H3. The number of anilines is 1. The number of rotatable bonds is 2. The lowest BCUT2D eigenvalue weighted by atomic mass is 9.99. The molecular weight excluding hydrogens is 172 g/mol. The van der Waals surface area contributed by atoms with Crippen molar-refractivity contribution >= 4 is 5.69 Å². The van der Waals surface area contributed by atoms with Crippen molar-refractivity contribution in [1.29, 1.82) is 0 Å². The zero-order chi connectivity index (χ0) is 9.97. The van der Waals surface area contributed by atoms with E-state index in [-0.39, 0.29) is 0 Å². The fourth-order valence-electron chi connectivity index (χ4n) is 2.02. The second-order valence-corrected chi connectivity index (χ2v) is 3.86. The molecule has 0 radical (unpaired) electrons. The number of nitrogens with zero attached hydrogens (tertiary/aromatic N) is 1. The maximum atomic E-state index is 3.43. The molecule has 0 unspecified atom stereocenters. The second kappa shape index (κ2) is 4.01. The van der Waals surface area contributed by atoms with Gasteiger partial charge in [-0.25, -0.2) is 0 Å². The summed E-state index contributed by atoms with van der Waals surface area (Å²) in [5.41, 5.74) is 4.39. The first-order valence-corrected chi connectivity index (χ1v) is 5.35. The highest BCUT2D eigenvalue weighted by Crippen LogP contribution is 2.25. The van der Waals surface area contributed by atoms with E-state index in [1.807, 2.05) is 0 Å². The normalized spacial score (nSPS) is 15.0. The molecule has 0 atom stereocenters. The number of hydrogen-bond acceptors (Lipinski definition) is 2. The van der Waals surface area contributed by atoms with Crippen molar-refractivity contribution in [3.63, 3.8) is 0 Å². The molecule has 1 aliphatic heterocycles. The van der Waals surface area contributed by atoms with Crippen LogP contribution in [0.15, 0.2) is 18.2 Å².